The van der Waals surface area contributed by atoms with E-state index < -0.39 is 21.2 Å². The number of phenolic OH excluding ortho intramolecular Hbond substituents is 1. The van der Waals surface area contributed by atoms with Crippen LogP contribution in [0, 0.1) is 20.2 Å². The van der Waals surface area contributed by atoms with Crippen molar-refractivity contribution in [3.05, 3.63) is 61.1 Å². The zero-order valence-electron chi connectivity index (χ0n) is 10.3. The SMILES string of the molecule is O=[N+]([O-])c1cccc([N+](=O)[O-])c1Nc1cc(Br)ccc1O. The Labute approximate surface area is 126 Å². The maximum absolute atomic E-state index is 11.0. The quantitative estimate of drug-likeness (QED) is 0.491. The molecule has 108 valence electrons. The number of phenols is 1. The molecule has 0 heterocycles. The van der Waals surface area contributed by atoms with Crippen molar-refractivity contribution >= 4 is 38.7 Å². The highest BCUT2D eigenvalue weighted by Gasteiger charge is 2.25. The van der Waals surface area contributed by atoms with Gasteiger partial charge in [0.05, 0.1) is 15.5 Å². The second-order valence-corrected chi connectivity index (χ2v) is 4.89. The lowest BCUT2D eigenvalue weighted by Gasteiger charge is -2.09. The highest BCUT2D eigenvalue weighted by molar-refractivity contribution is 9.10. The standard InChI is InChI=1S/C12H8BrN3O5/c13-7-4-5-11(17)8(6-7)14-12-9(15(18)19)2-1-3-10(12)16(20)21/h1-6,14,17H. The lowest BCUT2D eigenvalue weighted by molar-refractivity contribution is -0.392. The minimum atomic E-state index is -0.732. The maximum atomic E-state index is 11.0. The molecule has 0 aliphatic rings. The molecular weight excluding hydrogens is 346 g/mol. The van der Waals surface area contributed by atoms with E-state index in [4.69, 9.17) is 0 Å². The van der Waals surface area contributed by atoms with E-state index in [0.29, 0.717) is 4.47 Å². The topological polar surface area (TPSA) is 119 Å². The van der Waals surface area contributed by atoms with Crippen LogP contribution in [0.3, 0.4) is 0 Å². The summed E-state index contributed by atoms with van der Waals surface area (Å²) >= 11 is 3.19. The summed E-state index contributed by atoms with van der Waals surface area (Å²) in [5.74, 6) is -0.189. The van der Waals surface area contributed by atoms with Crippen LogP contribution in [0.5, 0.6) is 5.75 Å². The summed E-state index contributed by atoms with van der Waals surface area (Å²) in [6, 6.07) is 7.88. The Balaban J connectivity index is 2.59. The van der Waals surface area contributed by atoms with Crippen LogP contribution in [0.15, 0.2) is 40.9 Å². The fourth-order valence-electron chi connectivity index (χ4n) is 1.70. The molecular formula is C12H8BrN3O5. The molecule has 2 N–H and O–H groups in total. The Morgan fingerprint density at radius 1 is 1.05 bits per heavy atom. The molecule has 0 radical (unpaired) electrons. The fourth-order valence-corrected chi connectivity index (χ4v) is 2.06. The van der Waals surface area contributed by atoms with E-state index in [2.05, 4.69) is 21.2 Å². The van der Waals surface area contributed by atoms with Crippen LogP contribution in [0.4, 0.5) is 22.7 Å². The molecule has 8 nitrogen and oxygen atoms in total. The van der Waals surface area contributed by atoms with E-state index in [1.165, 1.54) is 18.2 Å². The van der Waals surface area contributed by atoms with Gasteiger partial charge in [-0.15, -0.1) is 0 Å². The van der Waals surface area contributed by atoms with Crippen molar-refractivity contribution in [2.45, 2.75) is 0 Å². The van der Waals surface area contributed by atoms with Gasteiger partial charge in [0, 0.05) is 16.6 Å². The molecule has 0 fully saturated rings. The molecule has 9 heteroatoms. The van der Waals surface area contributed by atoms with Crippen LogP contribution >= 0.6 is 15.9 Å². The lowest BCUT2D eigenvalue weighted by atomic mass is 10.2. The minimum absolute atomic E-state index is 0.113. The molecule has 0 amide bonds. The van der Waals surface area contributed by atoms with Gasteiger partial charge in [0.25, 0.3) is 11.4 Å². The van der Waals surface area contributed by atoms with Crippen molar-refractivity contribution in [3.8, 4) is 5.75 Å². The van der Waals surface area contributed by atoms with E-state index in [1.54, 1.807) is 6.07 Å². The summed E-state index contributed by atoms with van der Waals surface area (Å²) in [6.45, 7) is 0. The third kappa shape index (κ3) is 3.08. The Bertz CT molecular complexity index is 703. The number of nitrogens with zero attached hydrogens (tertiary/aromatic N) is 2. The first kappa shape index (κ1) is 14.7. The largest absolute Gasteiger partial charge is 0.506 e. The van der Waals surface area contributed by atoms with Gasteiger partial charge in [0.15, 0.2) is 5.69 Å². The van der Waals surface area contributed by atoms with Crippen molar-refractivity contribution in [2.24, 2.45) is 0 Å². The summed E-state index contributed by atoms with van der Waals surface area (Å²) in [4.78, 5) is 20.6. The monoisotopic (exact) mass is 353 g/mol. The molecule has 0 aromatic heterocycles. The first-order valence-electron chi connectivity index (χ1n) is 5.57. The summed E-state index contributed by atoms with van der Waals surface area (Å²) in [5, 5.41) is 34.3. The molecule has 0 bridgehead atoms. The average molecular weight is 354 g/mol. The van der Waals surface area contributed by atoms with Crippen molar-refractivity contribution in [3.63, 3.8) is 0 Å². The van der Waals surface area contributed by atoms with E-state index in [9.17, 15) is 25.3 Å². The number of anilines is 2. The molecule has 0 saturated heterocycles. The lowest BCUT2D eigenvalue weighted by Crippen LogP contribution is -2.01. The molecule has 0 unspecified atom stereocenters. The van der Waals surface area contributed by atoms with Crippen molar-refractivity contribution < 1.29 is 15.0 Å². The van der Waals surface area contributed by atoms with Gasteiger partial charge in [-0.2, -0.15) is 0 Å². The Morgan fingerprint density at radius 3 is 2.14 bits per heavy atom. The molecule has 2 aromatic rings. The molecule has 0 aliphatic carbocycles. The van der Waals surface area contributed by atoms with Crippen LogP contribution < -0.4 is 5.32 Å². The molecule has 0 spiro atoms. The number of nitro benzene ring substituents is 2. The van der Waals surface area contributed by atoms with Gasteiger partial charge < -0.3 is 10.4 Å². The predicted octanol–water partition coefficient (Wildman–Crippen LogP) is 3.71. The summed E-state index contributed by atoms with van der Waals surface area (Å²) < 4.78 is 0.601. The first-order valence-corrected chi connectivity index (χ1v) is 6.37. The summed E-state index contributed by atoms with van der Waals surface area (Å²) in [7, 11) is 0. The minimum Gasteiger partial charge on any atom is -0.506 e. The molecule has 0 aliphatic heterocycles. The van der Waals surface area contributed by atoms with Gasteiger partial charge in [-0.1, -0.05) is 15.9 Å². The number of benzene rings is 2. The normalized spacial score (nSPS) is 10.1. The number of nitro groups is 2. The zero-order chi connectivity index (χ0) is 15.6. The number of aromatic hydroxyl groups is 1. The molecule has 0 atom stereocenters. The van der Waals surface area contributed by atoms with Crippen LogP contribution in [0.1, 0.15) is 0 Å². The maximum Gasteiger partial charge on any atom is 0.299 e. The molecule has 21 heavy (non-hydrogen) atoms. The summed E-state index contributed by atoms with van der Waals surface area (Å²) in [5.41, 5.74) is -1.09. The van der Waals surface area contributed by atoms with Gasteiger partial charge in [-0.25, -0.2) is 0 Å². The van der Waals surface area contributed by atoms with Gasteiger partial charge in [-0.3, -0.25) is 20.2 Å². The third-order valence-electron chi connectivity index (χ3n) is 2.63. The number of hydrogen-bond acceptors (Lipinski definition) is 6. The van der Waals surface area contributed by atoms with Crippen LogP contribution in [0.25, 0.3) is 0 Å². The number of para-hydroxylation sites is 1. The summed E-state index contributed by atoms with van der Waals surface area (Å²) in [6.07, 6.45) is 0. The zero-order valence-corrected chi connectivity index (χ0v) is 11.9. The smallest absolute Gasteiger partial charge is 0.299 e. The fraction of sp³-hybridized carbons (Fsp3) is 0. The van der Waals surface area contributed by atoms with E-state index in [0.717, 1.165) is 12.1 Å². The molecule has 2 rings (SSSR count). The second kappa shape index (κ2) is 5.75. The molecule has 0 saturated carbocycles. The number of halogens is 1. The van der Waals surface area contributed by atoms with Crippen LogP contribution in [-0.4, -0.2) is 15.0 Å². The first-order chi connectivity index (χ1) is 9.90. The highest BCUT2D eigenvalue weighted by Crippen LogP contribution is 2.38. The Morgan fingerprint density at radius 2 is 1.62 bits per heavy atom. The Hall–Kier alpha value is -2.68. The number of nitrogens with one attached hydrogen (secondary N) is 1. The van der Waals surface area contributed by atoms with Crippen molar-refractivity contribution in [1.82, 2.24) is 0 Å². The van der Waals surface area contributed by atoms with Gasteiger partial charge in [0.2, 0.25) is 0 Å². The second-order valence-electron chi connectivity index (χ2n) is 3.97. The predicted molar refractivity (Wildman–Crippen MR) is 78.8 cm³/mol. The van der Waals surface area contributed by atoms with Crippen molar-refractivity contribution in [1.29, 1.82) is 0 Å². The van der Waals surface area contributed by atoms with E-state index in [1.807, 2.05) is 0 Å². The van der Waals surface area contributed by atoms with Crippen LogP contribution in [0.2, 0.25) is 0 Å². The van der Waals surface area contributed by atoms with Crippen molar-refractivity contribution in [2.75, 3.05) is 5.32 Å². The third-order valence-corrected chi connectivity index (χ3v) is 3.13. The molecule has 2 aromatic carbocycles. The van der Waals surface area contributed by atoms with E-state index in [-0.39, 0.29) is 17.1 Å². The number of rotatable bonds is 4. The Kier molecular flexibility index (Phi) is 4.03. The van der Waals surface area contributed by atoms with Gasteiger partial charge in [0.1, 0.15) is 5.75 Å². The number of hydrogen-bond donors (Lipinski definition) is 2. The van der Waals surface area contributed by atoms with E-state index >= 15 is 0 Å². The van der Waals surface area contributed by atoms with Gasteiger partial charge in [-0.05, 0) is 24.3 Å². The highest BCUT2D eigenvalue weighted by atomic mass is 79.9. The average Bonchev–Trinajstić information content (AvgIpc) is 2.42. The van der Waals surface area contributed by atoms with Gasteiger partial charge >= 0.3 is 0 Å². The van der Waals surface area contributed by atoms with Crippen LogP contribution in [-0.2, 0) is 0 Å².